The van der Waals surface area contributed by atoms with Crippen molar-refractivity contribution >= 4 is 5.96 Å². The van der Waals surface area contributed by atoms with Gasteiger partial charge in [-0.15, -0.1) is 0 Å². The molecule has 1 aromatic heterocycles. The van der Waals surface area contributed by atoms with E-state index in [9.17, 15) is 5.11 Å². The van der Waals surface area contributed by atoms with Gasteiger partial charge < -0.3 is 20.6 Å². The minimum atomic E-state index is -0.587. The predicted molar refractivity (Wildman–Crippen MR) is 87.8 cm³/mol. The molecule has 1 aliphatic rings. The highest BCUT2D eigenvalue weighted by Crippen LogP contribution is 2.14. The molecule has 0 aromatic carbocycles. The molecule has 2 rings (SSSR count). The summed E-state index contributed by atoms with van der Waals surface area (Å²) < 4.78 is 1.69. The maximum atomic E-state index is 10.1. The normalized spacial score (nSPS) is 19.2. The summed E-state index contributed by atoms with van der Waals surface area (Å²) in [6, 6.07) is 0. The van der Waals surface area contributed by atoms with E-state index in [0.717, 1.165) is 31.2 Å². The first kappa shape index (κ1) is 16.8. The third-order valence-electron chi connectivity index (χ3n) is 4.19. The minimum Gasteiger partial charge on any atom is -0.386 e. The second-order valence-corrected chi connectivity index (χ2v) is 6.04. The van der Waals surface area contributed by atoms with Crippen molar-refractivity contribution < 1.29 is 5.11 Å². The van der Waals surface area contributed by atoms with E-state index in [1.165, 1.54) is 12.8 Å². The maximum Gasteiger partial charge on any atom is 0.191 e. The Hall–Kier alpha value is -1.60. The Kier molecular flexibility index (Phi) is 6.21. The van der Waals surface area contributed by atoms with Crippen LogP contribution < -0.4 is 10.6 Å². The monoisotopic (exact) mass is 308 g/mol. The van der Waals surface area contributed by atoms with Crippen molar-refractivity contribution in [3.63, 3.8) is 0 Å². The van der Waals surface area contributed by atoms with E-state index in [-0.39, 0.29) is 0 Å². The molecule has 1 fully saturated rings. The predicted octanol–water partition coefficient (Wildman–Crippen LogP) is -0.0397. The fourth-order valence-electron chi connectivity index (χ4n) is 2.65. The summed E-state index contributed by atoms with van der Waals surface area (Å²) in [4.78, 5) is 6.58. The molecule has 7 heteroatoms. The fourth-order valence-corrected chi connectivity index (χ4v) is 2.65. The highest BCUT2D eigenvalue weighted by molar-refractivity contribution is 5.79. The summed E-state index contributed by atoms with van der Waals surface area (Å²) in [5, 5.41) is 20.7. The number of nitrogens with one attached hydrogen (secondary N) is 2. The number of aromatic nitrogens is 2. The van der Waals surface area contributed by atoms with Crippen LogP contribution in [-0.2, 0) is 7.05 Å². The number of aryl methyl sites for hydroxylation is 1. The van der Waals surface area contributed by atoms with Crippen LogP contribution in [0.5, 0.6) is 0 Å². The van der Waals surface area contributed by atoms with Crippen LogP contribution >= 0.6 is 0 Å². The van der Waals surface area contributed by atoms with Gasteiger partial charge in [-0.05, 0) is 38.9 Å². The molecule has 0 bridgehead atoms. The fraction of sp³-hybridized carbons (Fsp3) is 0.733. The molecular weight excluding hydrogens is 280 g/mol. The number of hydrogen-bond acceptors (Lipinski definition) is 4. The van der Waals surface area contributed by atoms with Gasteiger partial charge in [-0.1, -0.05) is 0 Å². The number of aliphatic imine (C=N–C) groups is 1. The average molecular weight is 308 g/mol. The van der Waals surface area contributed by atoms with Gasteiger partial charge in [-0.3, -0.25) is 9.67 Å². The van der Waals surface area contributed by atoms with Crippen LogP contribution in [0.3, 0.4) is 0 Å². The number of likely N-dealkylation sites (tertiary alicyclic amines) is 1. The van der Waals surface area contributed by atoms with Crippen molar-refractivity contribution in [2.45, 2.75) is 18.9 Å². The molecule has 1 saturated heterocycles. The molecule has 0 saturated carbocycles. The van der Waals surface area contributed by atoms with Crippen LogP contribution in [0.4, 0.5) is 0 Å². The number of aliphatic hydroxyl groups is 1. The van der Waals surface area contributed by atoms with Crippen molar-refractivity contribution in [3.8, 4) is 0 Å². The molecule has 0 aliphatic carbocycles. The molecule has 0 radical (unpaired) electrons. The van der Waals surface area contributed by atoms with Crippen LogP contribution in [0.25, 0.3) is 0 Å². The Balaban J connectivity index is 1.71. The molecule has 1 aromatic rings. The van der Waals surface area contributed by atoms with Gasteiger partial charge in [-0.25, -0.2) is 0 Å². The molecular formula is C15H28N6O. The molecule has 2 heterocycles. The largest absolute Gasteiger partial charge is 0.386 e. The molecule has 124 valence electrons. The van der Waals surface area contributed by atoms with Gasteiger partial charge in [0, 0.05) is 38.9 Å². The Morgan fingerprint density at radius 2 is 2.14 bits per heavy atom. The molecule has 1 aliphatic heterocycles. The van der Waals surface area contributed by atoms with Crippen molar-refractivity contribution in [2.75, 3.05) is 40.3 Å². The first-order valence-corrected chi connectivity index (χ1v) is 7.88. The lowest BCUT2D eigenvalue weighted by Crippen LogP contribution is -2.43. The van der Waals surface area contributed by atoms with Gasteiger partial charge in [0.1, 0.15) is 0 Å². The van der Waals surface area contributed by atoms with E-state index in [4.69, 9.17) is 0 Å². The second-order valence-electron chi connectivity index (χ2n) is 6.04. The molecule has 0 spiro atoms. The lowest BCUT2D eigenvalue weighted by Gasteiger charge is -2.29. The number of nitrogens with zero attached hydrogens (tertiary/aromatic N) is 4. The van der Waals surface area contributed by atoms with Crippen LogP contribution in [-0.4, -0.2) is 66.0 Å². The topological polar surface area (TPSA) is 77.7 Å². The van der Waals surface area contributed by atoms with E-state index >= 15 is 0 Å². The SMILES string of the molecule is CN=C(NCC1CCN(C)CC1)NCC(O)c1cnn(C)c1. The van der Waals surface area contributed by atoms with Crippen molar-refractivity contribution in [1.82, 2.24) is 25.3 Å². The Morgan fingerprint density at radius 1 is 1.41 bits per heavy atom. The van der Waals surface area contributed by atoms with Gasteiger partial charge in [0.15, 0.2) is 5.96 Å². The molecule has 1 unspecified atom stereocenters. The van der Waals surface area contributed by atoms with Gasteiger partial charge in [-0.2, -0.15) is 5.10 Å². The molecule has 3 N–H and O–H groups in total. The van der Waals surface area contributed by atoms with Crippen molar-refractivity contribution in [3.05, 3.63) is 18.0 Å². The quantitative estimate of drug-likeness (QED) is 0.525. The number of aliphatic hydroxyl groups excluding tert-OH is 1. The maximum absolute atomic E-state index is 10.1. The smallest absolute Gasteiger partial charge is 0.191 e. The van der Waals surface area contributed by atoms with Crippen LogP contribution in [0.1, 0.15) is 24.5 Å². The highest BCUT2D eigenvalue weighted by Gasteiger charge is 2.17. The first-order valence-electron chi connectivity index (χ1n) is 7.88. The lowest BCUT2D eigenvalue weighted by molar-refractivity contribution is 0.180. The summed E-state index contributed by atoms with van der Waals surface area (Å²) in [6.45, 7) is 3.67. The average Bonchev–Trinajstić information content (AvgIpc) is 2.95. The van der Waals surface area contributed by atoms with Crippen LogP contribution in [0, 0.1) is 5.92 Å². The summed E-state index contributed by atoms with van der Waals surface area (Å²) in [5.41, 5.74) is 0.806. The molecule has 22 heavy (non-hydrogen) atoms. The van der Waals surface area contributed by atoms with Gasteiger partial charge in [0.25, 0.3) is 0 Å². The van der Waals surface area contributed by atoms with Crippen LogP contribution in [0.2, 0.25) is 0 Å². The number of guanidine groups is 1. The molecule has 0 amide bonds. The first-order chi connectivity index (χ1) is 10.6. The van der Waals surface area contributed by atoms with Crippen LogP contribution in [0.15, 0.2) is 17.4 Å². The van der Waals surface area contributed by atoms with Gasteiger partial charge in [0.2, 0.25) is 0 Å². The molecule has 7 nitrogen and oxygen atoms in total. The molecule has 1 atom stereocenters. The van der Waals surface area contributed by atoms with E-state index in [1.807, 2.05) is 13.2 Å². The number of rotatable bonds is 5. The summed E-state index contributed by atoms with van der Waals surface area (Å²) >= 11 is 0. The summed E-state index contributed by atoms with van der Waals surface area (Å²) in [7, 11) is 5.76. The number of hydrogen-bond donors (Lipinski definition) is 3. The lowest BCUT2D eigenvalue weighted by atomic mass is 9.97. The minimum absolute atomic E-state index is 0.415. The summed E-state index contributed by atoms with van der Waals surface area (Å²) in [5.74, 6) is 1.43. The zero-order valence-corrected chi connectivity index (χ0v) is 13.8. The Bertz CT molecular complexity index is 478. The highest BCUT2D eigenvalue weighted by atomic mass is 16.3. The van der Waals surface area contributed by atoms with Gasteiger partial charge in [0.05, 0.1) is 12.3 Å². The Morgan fingerprint density at radius 3 is 2.73 bits per heavy atom. The zero-order chi connectivity index (χ0) is 15.9. The van der Waals surface area contributed by atoms with Gasteiger partial charge >= 0.3 is 0 Å². The standard InChI is InChI=1S/C15H28N6O/c1-16-15(17-8-12-4-6-20(2)7-5-12)18-10-14(22)13-9-19-21(3)11-13/h9,11-12,14,22H,4-8,10H2,1-3H3,(H2,16,17,18). The van der Waals surface area contributed by atoms with E-state index in [2.05, 4.69) is 32.7 Å². The van der Waals surface area contributed by atoms with E-state index < -0.39 is 6.10 Å². The third-order valence-corrected chi connectivity index (χ3v) is 4.19. The Labute approximate surface area is 132 Å². The van der Waals surface area contributed by atoms with Crippen molar-refractivity contribution in [1.29, 1.82) is 0 Å². The number of piperidine rings is 1. The third kappa shape index (κ3) is 4.99. The second kappa shape index (κ2) is 8.14. The van der Waals surface area contributed by atoms with E-state index in [0.29, 0.717) is 12.5 Å². The van der Waals surface area contributed by atoms with Crippen molar-refractivity contribution in [2.24, 2.45) is 18.0 Å². The van der Waals surface area contributed by atoms with E-state index in [1.54, 1.807) is 17.9 Å². The summed E-state index contributed by atoms with van der Waals surface area (Å²) in [6.07, 6.45) is 5.36. The zero-order valence-electron chi connectivity index (χ0n) is 13.8.